The van der Waals surface area contributed by atoms with Crippen LogP contribution in [-0.2, 0) is 11.0 Å². The summed E-state index contributed by atoms with van der Waals surface area (Å²) in [5.41, 5.74) is -1.28. The van der Waals surface area contributed by atoms with E-state index in [1.165, 1.54) is 0 Å². The first kappa shape index (κ1) is 19.4. The molecule has 0 spiro atoms. The second-order valence-corrected chi connectivity index (χ2v) is 5.90. The van der Waals surface area contributed by atoms with E-state index in [0.29, 0.717) is 32.0 Å². The van der Waals surface area contributed by atoms with Gasteiger partial charge in [-0.25, -0.2) is 4.98 Å². The van der Waals surface area contributed by atoms with E-state index in [0.717, 1.165) is 12.3 Å². The molecule has 1 aromatic rings. The number of nitrogens with one attached hydrogen (secondary N) is 1. The van der Waals surface area contributed by atoms with Crippen molar-refractivity contribution in [3.05, 3.63) is 23.9 Å². The zero-order valence-corrected chi connectivity index (χ0v) is 13.4. The molecular weight excluding hydrogens is 349 g/mol. The van der Waals surface area contributed by atoms with Gasteiger partial charge in [-0.3, -0.25) is 4.79 Å². The van der Waals surface area contributed by atoms with Crippen LogP contribution in [0.15, 0.2) is 18.3 Å². The standard InChI is InChI=1S/C15H18F5N3O2/c1-23-7-4-10(5-8-23)22-13(24)14(16,17)9-25-12-11(15(18,19)20)3-2-6-21-12/h2-3,6,10H,4-5,7-9H2,1H3,(H,22,24). The molecular formula is C15H18F5N3O2. The van der Waals surface area contributed by atoms with Crippen molar-refractivity contribution in [2.45, 2.75) is 31.0 Å². The van der Waals surface area contributed by atoms with Crippen molar-refractivity contribution in [2.24, 2.45) is 0 Å². The first-order valence-electron chi connectivity index (χ1n) is 7.62. The maximum atomic E-state index is 13.9. The van der Waals surface area contributed by atoms with Crippen LogP contribution in [0, 0.1) is 0 Å². The molecule has 10 heteroatoms. The number of ether oxygens (including phenoxy) is 1. The van der Waals surface area contributed by atoms with Crippen LogP contribution < -0.4 is 10.1 Å². The van der Waals surface area contributed by atoms with E-state index in [9.17, 15) is 26.7 Å². The van der Waals surface area contributed by atoms with Crippen LogP contribution in [0.2, 0.25) is 0 Å². The molecule has 0 aromatic carbocycles. The molecule has 2 rings (SSSR count). The third-order valence-corrected chi connectivity index (χ3v) is 3.85. The van der Waals surface area contributed by atoms with Gasteiger partial charge in [-0.1, -0.05) is 0 Å². The van der Waals surface area contributed by atoms with Crippen molar-refractivity contribution < 1.29 is 31.5 Å². The van der Waals surface area contributed by atoms with E-state index in [1.54, 1.807) is 0 Å². The summed E-state index contributed by atoms with van der Waals surface area (Å²) < 4.78 is 70.6. The van der Waals surface area contributed by atoms with E-state index in [-0.39, 0.29) is 0 Å². The SMILES string of the molecule is CN1CCC(NC(=O)C(F)(F)COc2ncccc2C(F)(F)F)CC1. The molecule has 0 unspecified atom stereocenters. The lowest BCUT2D eigenvalue weighted by Gasteiger charge is -2.30. The van der Waals surface area contributed by atoms with E-state index in [2.05, 4.69) is 15.0 Å². The normalized spacial score (nSPS) is 17.4. The molecule has 0 bridgehead atoms. The van der Waals surface area contributed by atoms with Gasteiger partial charge in [-0.2, -0.15) is 22.0 Å². The molecule has 25 heavy (non-hydrogen) atoms. The molecule has 2 heterocycles. The molecule has 0 saturated carbocycles. The molecule has 1 aliphatic rings. The Morgan fingerprint density at radius 2 is 1.96 bits per heavy atom. The highest BCUT2D eigenvalue weighted by Crippen LogP contribution is 2.35. The van der Waals surface area contributed by atoms with Gasteiger partial charge in [0.1, 0.15) is 5.56 Å². The average molecular weight is 367 g/mol. The van der Waals surface area contributed by atoms with Gasteiger partial charge in [0.05, 0.1) is 0 Å². The van der Waals surface area contributed by atoms with Crippen LogP contribution in [0.1, 0.15) is 18.4 Å². The molecule has 1 aromatic heterocycles. The maximum Gasteiger partial charge on any atom is 0.421 e. The van der Waals surface area contributed by atoms with Crippen molar-refractivity contribution in [2.75, 3.05) is 26.7 Å². The summed E-state index contributed by atoms with van der Waals surface area (Å²) >= 11 is 0. The number of nitrogens with zero attached hydrogens (tertiary/aromatic N) is 2. The Hall–Kier alpha value is -1.97. The Balaban J connectivity index is 1.96. The molecule has 1 N–H and O–H groups in total. The summed E-state index contributed by atoms with van der Waals surface area (Å²) in [5, 5.41) is 2.22. The van der Waals surface area contributed by atoms with Crippen molar-refractivity contribution in [3.8, 4) is 5.88 Å². The maximum absolute atomic E-state index is 13.9. The second-order valence-electron chi connectivity index (χ2n) is 5.90. The lowest BCUT2D eigenvalue weighted by molar-refractivity contribution is -0.152. The molecule has 0 atom stereocenters. The van der Waals surface area contributed by atoms with Gasteiger partial charge < -0.3 is 15.0 Å². The van der Waals surface area contributed by atoms with Gasteiger partial charge in [0.2, 0.25) is 5.88 Å². The van der Waals surface area contributed by atoms with Crippen molar-refractivity contribution in [1.29, 1.82) is 0 Å². The molecule has 5 nitrogen and oxygen atoms in total. The van der Waals surface area contributed by atoms with Crippen LogP contribution in [0.5, 0.6) is 5.88 Å². The Labute approximate surface area is 141 Å². The van der Waals surface area contributed by atoms with Crippen LogP contribution in [0.3, 0.4) is 0 Å². The third-order valence-electron chi connectivity index (χ3n) is 3.85. The molecule has 140 valence electrons. The highest BCUT2D eigenvalue weighted by atomic mass is 19.4. The van der Waals surface area contributed by atoms with Crippen molar-refractivity contribution in [1.82, 2.24) is 15.2 Å². The summed E-state index contributed by atoms with van der Waals surface area (Å²) in [6, 6.07) is 1.29. The minimum absolute atomic E-state index is 0.393. The van der Waals surface area contributed by atoms with E-state index >= 15 is 0 Å². The van der Waals surface area contributed by atoms with Crippen molar-refractivity contribution >= 4 is 5.91 Å². The van der Waals surface area contributed by atoms with Gasteiger partial charge in [-0.05, 0) is 45.1 Å². The summed E-state index contributed by atoms with van der Waals surface area (Å²) in [6.07, 6.45) is -2.76. The number of aromatic nitrogens is 1. The largest absolute Gasteiger partial charge is 0.470 e. The minimum atomic E-state index is -4.80. The first-order chi connectivity index (χ1) is 11.6. The zero-order valence-electron chi connectivity index (χ0n) is 13.4. The summed E-state index contributed by atoms with van der Waals surface area (Å²) in [5.74, 6) is -6.52. The van der Waals surface area contributed by atoms with E-state index in [4.69, 9.17) is 0 Å². The van der Waals surface area contributed by atoms with Crippen LogP contribution in [0.25, 0.3) is 0 Å². The predicted molar refractivity (Wildman–Crippen MR) is 78.3 cm³/mol. The number of alkyl halides is 5. The number of hydrogen-bond acceptors (Lipinski definition) is 4. The van der Waals surface area contributed by atoms with Gasteiger partial charge in [0.25, 0.3) is 5.91 Å². The van der Waals surface area contributed by atoms with Crippen molar-refractivity contribution in [3.63, 3.8) is 0 Å². The molecule has 1 amide bonds. The van der Waals surface area contributed by atoms with Gasteiger partial charge in [0.15, 0.2) is 6.61 Å². The molecule has 0 radical (unpaired) electrons. The van der Waals surface area contributed by atoms with E-state index < -0.39 is 42.1 Å². The van der Waals surface area contributed by atoms with Gasteiger partial charge in [-0.15, -0.1) is 0 Å². The fourth-order valence-corrected chi connectivity index (χ4v) is 2.39. The number of hydrogen-bond donors (Lipinski definition) is 1. The lowest BCUT2D eigenvalue weighted by atomic mass is 10.1. The van der Waals surface area contributed by atoms with Gasteiger partial charge >= 0.3 is 12.1 Å². The highest BCUT2D eigenvalue weighted by Gasteiger charge is 2.42. The zero-order chi connectivity index (χ0) is 18.7. The first-order valence-corrected chi connectivity index (χ1v) is 7.62. The number of carbonyl (C=O) groups is 1. The summed E-state index contributed by atoms with van der Waals surface area (Å²) in [4.78, 5) is 17.0. The number of piperidine rings is 1. The number of carbonyl (C=O) groups excluding carboxylic acids is 1. The molecule has 0 aliphatic carbocycles. The Kier molecular flexibility index (Phi) is 5.81. The quantitative estimate of drug-likeness (QED) is 0.812. The fourth-order valence-electron chi connectivity index (χ4n) is 2.39. The third kappa shape index (κ3) is 5.25. The lowest BCUT2D eigenvalue weighted by Crippen LogP contribution is -2.51. The Bertz CT molecular complexity index is 601. The predicted octanol–water partition coefficient (Wildman–Crippen LogP) is 2.32. The van der Waals surface area contributed by atoms with Crippen LogP contribution in [0.4, 0.5) is 22.0 Å². The van der Waals surface area contributed by atoms with Crippen LogP contribution in [-0.4, -0.2) is 54.5 Å². The molecule has 1 saturated heterocycles. The topological polar surface area (TPSA) is 54.5 Å². The summed E-state index contributed by atoms with van der Waals surface area (Å²) in [6.45, 7) is -0.197. The number of halogens is 5. The monoisotopic (exact) mass is 367 g/mol. The Morgan fingerprint density at radius 1 is 1.32 bits per heavy atom. The average Bonchev–Trinajstić information content (AvgIpc) is 2.54. The number of rotatable bonds is 5. The number of pyridine rings is 1. The molecule has 1 aliphatic heterocycles. The molecule has 1 fully saturated rings. The van der Waals surface area contributed by atoms with Gasteiger partial charge in [0, 0.05) is 12.2 Å². The van der Waals surface area contributed by atoms with E-state index in [1.807, 2.05) is 11.9 Å². The smallest absolute Gasteiger partial charge is 0.421 e. The fraction of sp³-hybridized carbons (Fsp3) is 0.600. The highest BCUT2D eigenvalue weighted by molar-refractivity contribution is 5.83. The minimum Gasteiger partial charge on any atom is -0.470 e. The second kappa shape index (κ2) is 7.51. The summed E-state index contributed by atoms with van der Waals surface area (Å²) in [7, 11) is 1.88. The number of likely N-dealkylation sites (tertiary alicyclic amines) is 1. The Morgan fingerprint density at radius 3 is 2.56 bits per heavy atom. The van der Waals surface area contributed by atoms with Crippen LogP contribution >= 0.6 is 0 Å². The number of amides is 1.